The van der Waals surface area contributed by atoms with Crippen LogP contribution in [0.2, 0.25) is 0 Å². The minimum atomic E-state index is 0.592. The van der Waals surface area contributed by atoms with Crippen molar-refractivity contribution >= 4 is 33.2 Å². The van der Waals surface area contributed by atoms with Crippen LogP contribution < -0.4 is 0 Å². The van der Waals surface area contributed by atoms with Crippen LogP contribution in [0.15, 0.2) is 103 Å². The molecule has 0 fully saturated rings. The van der Waals surface area contributed by atoms with Crippen molar-refractivity contribution in [2.24, 2.45) is 0 Å². The molecule has 0 amide bonds. The van der Waals surface area contributed by atoms with Crippen LogP contribution in [0.5, 0.6) is 0 Å². The number of fused-ring (bicyclic) bond motifs is 3. The summed E-state index contributed by atoms with van der Waals surface area (Å²) in [6, 6.07) is 16.3. The fourth-order valence-electron chi connectivity index (χ4n) is 3.66. The lowest BCUT2D eigenvalue weighted by Gasteiger charge is -2.09. The fraction of sp³-hybridized carbons (Fsp3) is 0.0714. The summed E-state index contributed by atoms with van der Waals surface area (Å²) in [4.78, 5) is 9.73. The van der Waals surface area contributed by atoms with E-state index < -0.39 is 0 Å². The number of benzene rings is 2. The Morgan fingerprint density at radius 3 is 2.55 bits per heavy atom. The van der Waals surface area contributed by atoms with Crippen LogP contribution in [0.1, 0.15) is 25.2 Å². The van der Waals surface area contributed by atoms with Gasteiger partial charge in [0.05, 0.1) is 0 Å². The summed E-state index contributed by atoms with van der Waals surface area (Å²) in [6.45, 7) is 11.8. The molecule has 4 aromatic rings. The molecule has 0 aliphatic heterocycles. The van der Waals surface area contributed by atoms with Crippen LogP contribution in [0.25, 0.3) is 44.5 Å². The minimum Gasteiger partial charge on any atom is -0.452 e. The van der Waals surface area contributed by atoms with Gasteiger partial charge in [-0.1, -0.05) is 79.9 Å². The van der Waals surface area contributed by atoms with E-state index in [-0.39, 0.29) is 0 Å². The van der Waals surface area contributed by atoms with E-state index in [0.717, 1.165) is 44.5 Å². The van der Waals surface area contributed by atoms with Gasteiger partial charge in [-0.15, -0.1) is 0 Å². The first-order chi connectivity index (χ1) is 15.2. The molecule has 152 valence electrons. The Morgan fingerprint density at radius 1 is 0.968 bits per heavy atom. The van der Waals surface area contributed by atoms with Crippen LogP contribution in [-0.4, -0.2) is 9.97 Å². The van der Waals surface area contributed by atoms with Gasteiger partial charge >= 0.3 is 0 Å². The molecule has 0 bridgehead atoms. The zero-order chi connectivity index (χ0) is 21.8. The van der Waals surface area contributed by atoms with Gasteiger partial charge in [0.2, 0.25) is 0 Å². The van der Waals surface area contributed by atoms with Crippen LogP contribution in [-0.2, 0) is 0 Å². The lowest BCUT2D eigenvalue weighted by molar-refractivity contribution is 0.667. The van der Waals surface area contributed by atoms with Gasteiger partial charge in [0.25, 0.3) is 0 Å². The molecule has 4 rings (SSSR count). The maximum absolute atomic E-state index is 6.22. The normalized spacial score (nSPS) is 12.7. The van der Waals surface area contributed by atoms with Crippen LogP contribution >= 0.6 is 0 Å². The topological polar surface area (TPSA) is 38.9 Å². The van der Waals surface area contributed by atoms with E-state index >= 15 is 0 Å². The molecule has 0 aliphatic carbocycles. The first-order valence-electron chi connectivity index (χ1n) is 10.2. The van der Waals surface area contributed by atoms with E-state index in [1.54, 1.807) is 12.2 Å². The van der Waals surface area contributed by atoms with Crippen molar-refractivity contribution in [3.63, 3.8) is 0 Å². The second-order valence-electron chi connectivity index (χ2n) is 7.06. The van der Waals surface area contributed by atoms with Gasteiger partial charge in [-0.2, -0.15) is 0 Å². The predicted molar refractivity (Wildman–Crippen MR) is 132 cm³/mol. The van der Waals surface area contributed by atoms with Gasteiger partial charge < -0.3 is 4.42 Å². The summed E-state index contributed by atoms with van der Waals surface area (Å²) < 4.78 is 6.22. The number of furan rings is 1. The molecular weight excluding hydrogens is 380 g/mol. The van der Waals surface area contributed by atoms with Gasteiger partial charge in [-0.3, -0.25) is 0 Å². The predicted octanol–water partition coefficient (Wildman–Crippen LogP) is 7.78. The molecule has 0 aliphatic rings. The zero-order valence-electron chi connectivity index (χ0n) is 17.8. The highest BCUT2D eigenvalue weighted by Crippen LogP contribution is 2.35. The van der Waals surface area contributed by atoms with Crippen molar-refractivity contribution in [1.82, 2.24) is 9.97 Å². The van der Waals surface area contributed by atoms with Crippen molar-refractivity contribution in [3.8, 4) is 11.3 Å². The third kappa shape index (κ3) is 3.78. The van der Waals surface area contributed by atoms with E-state index in [1.807, 2.05) is 56.3 Å². The standard InChI is InChI=1S/C28H24N2O/c1-5-12-19(7-3)21-14-11-15-22(18-21)25-27-26(23-16-9-10-17-24(23)31-27)30-28(29-25)20(8-4)13-6-2/h5-18H,2,4H2,1,3H3. The summed E-state index contributed by atoms with van der Waals surface area (Å²) in [5.74, 6) is 0.592. The Hall–Kier alpha value is -3.98. The molecule has 0 unspecified atom stereocenters. The third-order valence-corrected chi connectivity index (χ3v) is 5.12. The third-order valence-electron chi connectivity index (χ3n) is 5.12. The Morgan fingerprint density at radius 2 is 1.81 bits per heavy atom. The Labute approximate surface area is 182 Å². The Bertz CT molecular complexity index is 1380. The van der Waals surface area contributed by atoms with E-state index in [4.69, 9.17) is 14.4 Å². The second kappa shape index (κ2) is 8.80. The lowest BCUT2D eigenvalue weighted by Crippen LogP contribution is -1.97. The number of allylic oxidation sites excluding steroid dienone is 8. The molecule has 0 atom stereocenters. The molecule has 0 saturated carbocycles. The van der Waals surface area contributed by atoms with Gasteiger partial charge in [0.15, 0.2) is 11.4 Å². The van der Waals surface area contributed by atoms with Gasteiger partial charge in [-0.25, -0.2) is 9.97 Å². The second-order valence-corrected chi connectivity index (χ2v) is 7.06. The Balaban J connectivity index is 2.04. The monoisotopic (exact) mass is 404 g/mol. The van der Waals surface area contributed by atoms with Crippen molar-refractivity contribution in [2.45, 2.75) is 13.8 Å². The van der Waals surface area contributed by atoms with Gasteiger partial charge in [-0.05, 0) is 43.2 Å². The number of hydrogen-bond donors (Lipinski definition) is 0. The number of para-hydroxylation sites is 1. The molecule has 2 heterocycles. The van der Waals surface area contributed by atoms with E-state index in [9.17, 15) is 0 Å². The SMILES string of the molecule is C=CC=C(C=C)c1nc(-c2cccc(C(C=CC)=CC)c2)c2oc3ccccc3c2n1. The van der Waals surface area contributed by atoms with E-state index in [1.165, 1.54) is 0 Å². The maximum atomic E-state index is 6.22. The van der Waals surface area contributed by atoms with Crippen LogP contribution in [0.4, 0.5) is 0 Å². The molecule has 3 nitrogen and oxygen atoms in total. The van der Waals surface area contributed by atoms with Gasteiger partial charge in [0, 0.05) is 16.5 Å². The molecule has 2 aromatic carbocycles. The van der Waals surface area contributed by atoms with E-state index in [0.29, 0.717) is 11.4 Å². The number of aromatic nitrogens is 2. The minimum absolute atomic E-state index is 0.592. The molecule has 3 heteroatoms. The maximum Gasteiger partial charge on any atom is 0.180 e. The summed E-state index contributed by atoms with van der Waals surface area (Å²) in [7, 11) is 0. The van der Waals surface area contributed by atoms with Crippen molar-refractivity contribution < 1.29 is 4.42 Å². The average molecular weight is 405 g/mol. The Kier molecular flexibility index (Phi) is 5.76. The summed E-state index contributed by atoms with van der Waals surface area (Å²) in [6.07, 6.45) is 11.6. The van der Waals surface area contributed by atoms with Gasteiger partial charge in [0.1, 0.15) is 16.8 Å². The highest BCUT2D eigenvalue weighted by atomic mass is 16.3. The molecule has 0 N–H and O–H groups in total. The van der Waals surface area contributed by atoms with E-state index in [2.05, 4.69) is 43.5 Å². The summed E-state index contributed by atoms with van der Waals surface area (Å²) >= 11 is 0. The highest BCUT2D eigenvalue weighted by Gasteiger charge is 2.18. The van der Waals surface area contributed by atoms with Crippen LogP contribution in [0.3, 0.4) is 0 Å². The first-order valence-corrected chi connectivity index (χ1v) is 10.2. The summed E-state index contributed by atoms with van der Waals surface area (Å²) in [5.41, 5.74) is 7.06. The molecular formula is C28H24N2O. The molecule has 31 heavy (non-hydrogen) atoms. The zero-order valence-corrected chi connectivity index (χ0v) is 17.8. The number of rotatable bonds is 6. The molecule has 0 spiro atoms. The van der Waals surface area contributed by atoms with Crippen molar-refractivity contribution in [2.75, 3.05) is 0 Å². The molecule has 0 radical (unpaired) electrons. The molecule has 0 saturated heterocycles. The smallest absolute Gasteiger partial charge is 0.180 e. The molecule has 2 aromatic heterocycles. The lowest BCUT2D eigenvalue weighted by atomic mass is 10.0. The summed E-state index contributed by atoms with van der Waals surface area (Å²) in [5, 5.41) is 0.962. The van der Waals surface area contributed by atoms with Crippen molar-refractivity contribution in [3.05, 3.63) is 110 Å². The number of nitrogens with zero attached hydrogens (tertiary/aromatic N) is 2. The average Bonchev–Trinajstić information content (AvgIpc) is 3.19. The highest BCUT2D eigenvalue weighted by molar-refractivity contribution is 6.07. The quantitative estimate of drug-likeness (QED) is 0.308. The van der Waals surface area contributed by atoms with Crippen LogP contribution in [0, 0.1) is 0 Å². The fourth-order valence-corrected chi connectivity index (χ4v) is 3.66. The number of hydrogen-bond acceptors (Lipinski definition) is 3. The largest absolute Gasteiger partial charge is 0.452 e. The first kappa shape index (κ1) is 20.3. The van der Waals surface area contributed by atoms with Crippen molar-refractivity contribution in [1.29, 1.82) is 0 Å².